The second-order valence-corrected chi connectivity index (χ2v) is 10.8. The molecule has 0 radical (unpaired) electrons. The van der Waals surface area contributed by atoms with E-state index in [1.54, 1.807) is 21.4 Å². The molecule has 0 aromatic carbocycles. The summed E-state index contributed by atoms with van der Waals surface area (Å²) in [7, 11) is 1.70. The summed E-state index contributed by atoms with van der Waals surface area (Å²) in [5, 5.41) is 22.3. The number of hydrogen-bond acceptors (Lipinski definition) is 11. The highest BCUT2D eigenvalue weighted by molar-refractivity contribution is 5.82. The van der Waals surface area contributed by atoms with Gasteiger partial charge in [-0.15, -0.1) is 0 Å². The van der Waals surface area contributed by atoms with Crippen LogP contribution in [-0.4, -0.2) is 115 Å². The Balaban J connectivity index is 1.18. The Kier molecular flexibility index (Phi) is 8.32. The fourth-order valence-electron chi connectivity index (χ4n) is 5.02. The molecule has 0 bridgehead atoms. The maximum absolute atomic E-state index is 12.6. The van der Waals surface area contributed by atoms with Crippen molar-refractivity contribution in [2.75, 3.05) is 39.0 Å². The van der Waals surface area contributed by atoms with Gasteiger partial charge in [0.2, 0.25) is 5.91 Å². The minimum absolute atomic E-state index is 0.0257. The number of rotatable bonds is 10. The van der Waals surface area contributed by atoms with Gasteiger partial charge in [0.15, 0.2) is 17.6 Å². The molecule has 2 unspecified atom stereocenters. The predicted molar refractivity (Wildman–Crippen MR) is 139 cm³/mol. The molecular weight excluding hydrogens is 524 g/mol. The Morgan fingerprint density at radius 3 is 2.62 bits per heavy atom. The Morgan fingerprint density at radius 2 is 1.98 bits per heavy atom. The number of amides is 3. The van der Waals surface area contributed by atoms with Crippen molar-refractivity contribution in [1.29, 1.82) is 0 Å². The number of carbonyl (C=O) groups excluding carboxylic acids is 3. The third kappa shape index (κ3) is 6.42. The normalized spacial score (nSPS) is 21.6. The molecule has 5 N–H and O–H groups in total. The van der Waals surface area contributed by atoms with Crippen molar-refractivity contribution in [3.63, 3.8) is 0 Å². The highest BCUT2D eigenvalue weighted by atomic mass is 16.6. The maximum atomic E-state index is 12.6. The van der Waals surface area contributed by atoms with Crippen LogP contribution in [-0.2, 0) is 32.2 Å². The van der Waals surface area contributed by atoms with E-state index in [0.29, 0.717) is 43.0 Å². The van der Waals surface area contributed by atoms with E-state index in [1.165, 1.54) is 6.33 Å². The highest BCUT2D eigenvalue weighted by Crippen LogP contribution is 2.25. The summed E-state index contributed by atoms with van der Waals surface area (Å²) in [6, 6.07) is 0.0752. The van der Waals surface area contributed by atoms with E-state index >= 15 is 0 Å². The molecular formula is C25H36N8O7. The number of carbonyl (C=O) groups is 3. The molecule has 40 heavy (non-hydrogen) atoms. The first-order valence-corrected chi connectivity index (χ1v) is 13.6. The molecule has 5 rings (SSSR count). The molecule has 15 heteroatoms. The average molecular weight is 561 g/mol. The van der Waals surface area contributed by atoms with Gasteiger partial charge >= 0.3 is 6.09 Å². The van der Waals surface area contributed by atoms with Gasteiger partial charge in [-0.25, -0.2) is 19.7 Å². The molecule has 3 amide bonds. The monoisotopic (exact) mass is 560 g/mol. The Hall–Kier alpha value is -3.56. The van der Waals surface area contributed by atoms with Crippen LogP contribution in [0.5, 0.6) is 0 Å². The lowest BCUT2D eigenvalue weighted by molar-refractivity contribution is -0.147. The fourth-order valence-corrected chi connectivity index (χ4v) is 5.02. The molecule has 3 fully saturated rings. The number of hydrogen-bond donors (Lipinski definition) is 4. The van der Waals surface area contributed by atoms with Crippen molar-refractivity contribution < 1.29 is 34.1 Å². The second kappa shape index (κ2) is 11.9. The lowest BCUT2D eigenvalue weighted by Crippen LogP contribution is -2.46. The summed E-state index contributed by atoms with van der Waals surface area (Å²) in [5.41, 5.74) is 6.99. The number of anilines is 1. The van der Waals surface area contributed by atoms with Crippen LogP contribution < -0.4 is 11.1 Å². The van der Waals surface area contributed by atoms with E-state index in [2.05, 4.69) is 20.3 Å². The van der Waals surface area contributed by atoms with Crippen LogP contribution in [0.1, 0.15) is 37.9 Å². The van der Waals surface area contributed by atoms with Crippen molar-refractivity contribution in [3.8, 4) is 0 Å². The Labute approximate surface area is 230 Å². The number of nitrogens with one attached hydrogen (secondary N) is 1. The van der Waals surface area contributed by atoms with Crippen LogP contribution >= 0.6 is 0 Å². The number of aliphatic hydroxyl groups excluding tert-OH is 2. The van der Waals surface area contributed by atoms with E-state index in [-0.39, 0.29) is 36.8 Å². The fraction of sp³-hybridized carbons (Fsp3) is 0.680. The number of fused-ring (bicyclic) bond motifs is 1. The van der Waals surface area contributed by atoms with Gasteiger partial charge in [-0.3, -0.25) is 14.2 Å². The molecule has 2 aromatic heterocycles. The maximum Gasteiger partial charge on any atom is 0.410 e. The summed E-state index contributed by atoms with van der Waals surface area (Å²) < 4.78 is 12.8. The minimum Gasteiger partial charge on any atom is -0.444 e. The van der Waals surface area contributed by atoms with Crippen LogP contribution in [0.25, 0.3) is 11.2 Å². The molecule has 218 valence electrons. The van der Waals surface area contributed by atoms with E-state index in [9.17, 15) is 24.6 Å². The number of nitrogen functional groups attached to an aromatic ring is 1. The summed E-state index contributed by atoms with van der Waals surface area (Å²) in [6.07, 6.45) is 2.03. The van der Waals surface area contributed by atoms with Crippen LogP contribution in [0.4, 0.5) is 10.6 Å². The Bertz CT molecular complexity index is 1240. The summed E-state index contributed by atoms with van der Waals surface area (Å²) in [6.45, 7) is 0.707. The molecule has 2 aromatic rings. The topological polar surface area (TPSA) is 198 Å². The van der Waals surface area contributed by atoms with Gasteiger partial charge in [-0.1, -0.05) is 0 Å². The van der Waals surface area contributed by atoms with E-state index in [4.69, 9.17) is 15.2 Å². The lowest BCUT2D eigenvalue weighted by atomic mass is 9.93. The standard InChI is InChI=1S/C25H36N8O7/c1-31-10-16(9-19(31)36)40-25(38)32-6-4-14(5-7-32)8-18-29-22(26)20-23(30-18)33(12-27-20)13-39-21(17(35)11-34)24(37)28-15-2-3-15/h12,14-17,21,34-35H,2-11,13H2,1H3,(H,28,37)(H2,26,29,30)/t16?,17?,21-/m0/s1. The molecule has 1 saturated carbocycles. The number of ether oxygens (including phenoxy) is 2. The number of piperidine rings is 1. The lowest BCUT2D eigenvalue weighted by Gasteiger charge is -2.31. The van der Waals surface area contributed by atoms with Crippen LogP contribution in [0.2, 0.25) is 0 Å². The van der Waals surface area contributed by atoms with E-state index < -0.39 is 36.9 Å². The van der Waals surface area contributed by atoms with Gasteiger partial charge in [-0.05, 0) is 31.6 Å². The number of imidazole rings is 1. The number of aliphatic hydroxyl groups is 2. The number of nitrogens with two attached hydrogens (primary N) is 1. The molecule has 2 saturated heterocycles. The zero-order valence-electron chi connectivity index (χ0n) is 22.4. The third-order valence-corrected chi connectivity index (χ3v) is 7.57. The first kappa shape index (κ1) is 28.0. The number of likely N-dealkylation sites (tertiary alicyclic amines) is 2. The summed E-state index contributed by atoms with van der Waals surface area (Å²) in [5.74, 6) is 0.459. The van der Waals surface area contributed by atoms with Gasteiger partial charge < -0.3 is 40.5 Å². The van der Waals surface area contributed by atoms with Gasteiger partial charge in [0.1, 0.15) is 30.3 Å². The van der Waals surface area contributed by atoms with E-state index in [0.717, 1.165) is 25.7 Å². The molecule has 3 aliphatic rings. The SMILES string of the molecule is CN1CC(OC(=O)N2CCC(Cc3nc(N)c4ncn(CO[C@H](C(=O)NC5CC5)C(O)CO)c4n3)CC2)CC1=O. The van der Waals surface area contributed by atoms with Crippen molar-refractivity contribution in [3.05, 3.63) is 12.2 Å². The van der Waals surface area contributed by atoms with Gasteiger partial charge in [0.05, 0.1) is 25.9 Å². The van der Waals surface area contributed by atoms with Gasteiger partial charge in [0, 0.05) is 32.6 Å². The average Bonchev–Trinajstić information content (AvgIpc) is 3.56. The van der Waals surface area contributed by atoms with E-state index in [1.807, 2.05) is 0 Å². The van der Waals surface area contributed by atoms with Gasteiger partial charge in [-0.2, -0.15) is 0 Å². The molecule has 1 aliphatic carbocycles. The molecule has 0 spiro atoms. The largest absolute Gasteiger partial charge is 0.444 e. The van der Waals surface area contributed by atoms with Crippen LogP contribution in [0.15, 0.2) is 6.33 Å². The summed E-state index contributed by atoms with van der Waals surface area (Å²) >= 11 is 0. The van der Waals surface area contributed by atoms with Crippen LogP contribution in [0.3, 0.4) is 0 Å². The quantitative estimate of drug-likeness (QED) is 0.278. The molecule has 4 heterocycles. The zero-order valence-corrected chi connectivity index (χ0v) is 22.4. The van der Waals surface area contributed by atoms with Crippen LogP contribution in [0, 0.1) is 5.92 Å². The Morgan fingerprint density at radius 1 is 1.23 bits per heavy atom. The smallest absolute Gasteiger partial charge is 0.410 e. The second-order valence-electron chi connectivity index (χ2n) is 10.8. The first-order chi connectivity index (χ1) is 19.2. The third-order valence-electron chi connectivity index (χ3n) is 7.57. The first-order valence-electron chi connectivity index (χ1n) is 13.6. The van der Waals surface area contributed by atoms with Crippen molar-refractivity contribution >= 4 is 34.9 Å². The minimum atomic E-state index is -1.38. The zero-order chi connectivity index (χ0) is 28.4. The number of likely N-dealkylation sites (N-methyl/N-ethyl adjacent to an activating group) is 1. The number of aromatic nitrogens is 4. The van der Waals surface area contributed by atoms with Crippen molar-refractivity contribution in [2.45, 2.75) is 69.6 Å². The van der Waals surface area contributed by atoms with Gasteiger partial charge in [0.25, 0.3) is 5.91 Å². The van der Waals surface area contributed by atoms with Crippen molar-refractivity contribution in [1.82, 2.24) is 34.6 Å². The van der Waals surface area contributed by atoms with Crippen molar-refractivity contribution in [2.24, 2.45) is 5.92 Å². The molecule has 15 nitrogen and oxygen atoms in total. The molecule has 3 atom stereocenters. The molecule has 2 aliphatic heterocycles. The summed E-state index contributed by atoms with van der Waals surface area (Å²) in [4.78, 5) is 53.3. The number of nitrogens with zero attached hydrogens (tertiary/aromatic N) is 6. The highest BCUT2D eigenvalue weighted by Gasteiger charge is 2.34. The predicted octanol–water partition coefficient (Wildman–Crippen LogP) is -0.995.